The highest BCUT2D eigenvalue weighted by atomic mass is 19.4. The molecule has 0 aliphatic carbocycles. The van der Waals surface area contributed by atoms with Gasteiger partial charge >= 0.3 is 12.1 Å². The molecule has 1 fully saturated rings. The summed E-state index contributed by atoms with van der Waals surface area (Å²) < 4.78 is 44.0. The second-order valence-corrected chi connectivity index (χ2v) is 5.43. The second kappa shape index (κ2) is 7.16. The summed E-state index contributed by atoms with van der Waals surface area (Å²) >= 11 is 0. The van der Waals surface area contributed by atoms with Gasteiger partial charge in [0.15, 0.2) is 0 Å². The van der Waals surface area contributed by atoms with Crippen LogP contribution in [0.3, 0.4) is 0 Å². The smallest absolute Gasteiger partial charge is 0.418 e. The Morgan fingerprint density at radius 3 is 2.48 bits per heavy atom. The van der Waals surface area contributed by atoms with Crippen LogP contribution in [0.15, 0.2) is 12.1 Å². The van der Waals surface area contributed by atoms with Gasteiger partial charge in [-0.15, -0.1) is 0 Å². The van der Waals surface area contributed by atoms with E-state index in [1.54, 1.807) is 6.92 Å². The van der Waals surface area contributed by atoms with Gasteiger partial charge in [-0.25, -0.2) is 4.98 Å². The monoisotopic (exact) mass is 331 g/mol. The molecule has 0 N–H and O–H groups in total. The molecule has 0 spiro atoms. The van der Waals surface area contributed by atoms with Gasteiger partial charge in [0, 0.05) is 26.2 Å². The van der Waals surface area contributed by atoms with Crippen molar-refractivity contribution in [2.24, 2.45) is 0 Å². The minimum Gasteiger partial charge on any atom is -0.466 e. The molecule has 23 heavy (non-hydrogen) atoms. The molecule has 0 aromatic carbocycles. The van der Waals surface area contributed by atoms with E-state index in [1.807, 2.05) is 11.9 Å². The number of anilines is 1. The third kappa shape index (κ3) is 4.57. The highest BCUT2D eigenvalue weighted by molar-refractivity contribution is 5.72. The molecule has 0 saturated carbocycles. The predicted octanol–water partition coefficient (Wildman–Crippen LogP) is 1.96. The quantitative estimate of drug-likeness (QED) is 0.789. The Hall–Kier alpha value is -1.83. The summed E-state index contributed by atoms with van der Waals surface area (Å²) in [5.74, 6) is -0.244. The summed E-state index contributed by atoms with van der Waals surface area (Å²) in [6, 6.07) is 2.36. The number of hydrogen-bond acceptors (Lipinski definition) is 5. The topological polar surface area (TPSA) is 45.7 Å². The lowest BCUT2D eigenvalue weighted by Crippen LogP contribution is -2.45. The molecule has 1 aromatic rings. The van der Waals surface area contributed by atoms with Crippen LogP contribution in [0.1, 0.15) is 18.2 Å². The maximum atomic E-state index is 13.1. The number of carbonyl (C=O) groups excluding carboxylic acids is 1. The molecule has 0 atom stereocenters. The Kier molecular flexibility index (Phi) is 5.46. The van der Waals surface area contributed by atoms with Crippen molar-refractivity contribution in [1.82, 2.24) is 9.88 Å². The van der Waals surface area contributed by atoms with Gasteiger partial charge in [0.2, 0.25) is 0 Å². The number of nitrogens with zero attached hydrogens (tertiary/aromatic N) is 3. The lowest BCUT2D eigenvalue weighted by atomic mass is 10.1. The number of hydrogen-bond donors (Lipinski definition) is 0. The van der Waals surface area contributed by atoms with Crippen molar-refractivity contribution in [2.45, 2.75) is 19.5 Å². The summed E-state index contributed by atoms with van der Waals surface area (Å²) in [5.41, 5.74) is -1.17. The molecule has 8 heteroatoms. The Balaban J connectivity index is 2.27. The van der Waals surface area contributed by atoms with Crippen LogP contribution >= 0.6 is 0 Å². The molecule has 2 rings (SSSR count). The normalized spacial score (nSPS) is 16.5. The van der Waals surface area contributed by atoms with Gasteiger partial charge in [-0.1, -0.05) is 0 Å². The third-order valence-electron chi connectivity index (χ3n) is 3.71. The van der Waals surface area contributed by atoms with Crippen LogP contribution in [-0.4, -0.2) is 55.7 Å². The minimum atomic E-state index is -4.55. The van der Waals surface area contributed by atoms with Gasteiger partial charge in [-0.3, -0.25) is 4.79 Å². The lowest BCUT2D eigenvalue weighted by molar-refractivity contribution is -0.143. The summed E-state index contributed by atoms with van der Waals surface area (Å²) in [5, 5.41) is 0. The largest absolute Gasteiger partial charge is 0.466 e. The van der Waals surface area contributed by atoms with Crippen molar-refractivity contribution in [1.29, 1.82) is 0 Å². The molecule has 0 radical (unpaired) electrons. The van der Waals surface area contributed by atoms with Crippen molar-refractivity contribution >= 4 is 11.8 Å². The Labute approximate surface area is 133 Å². The van der Waals surface area contributed by atoms with Crippen LogP contribution in [0.4, 0.5) is 19.0 Å². The van der Waals surface area contributed by atoms with Crippen molar-refractivity contribution in [2.75, 3.05) is 44.7 Å². The van der Waals surface area contributed by atoms with Crippen LogP contribution in [0.5, 0.6) is 0 Å². The lowest BCUT2D eigenvalue weighted by Gasteiger charge is -2.33. The number of halogens is 3. The number of piperazine rings is 1. The first-order chi connectivity index (χ1) is 10.8. The van der Waals surface area contributed by atoms with E-state index >= 15 is 0 Å². The molecule has 128 valence electrons. The molecule has 1 aromatic heterocycles. The summed E-state index contributed by atoms with van der Waals surface area (Å²) in [6.07, 6.45) is -5.03. The zero-order valence-electron chi connectivity index (χ0n) is 13.2. The summed E-state index contributed by atoms with van der Waals surface area (Å²) in [4.78, 5) is 19.7. The molecule has 1 saturated heterocycles. The van der Waals surface area contributed by atoms with E-state index in [9.17, 15) is 18.0 Å². The van der Waals surface area contributed by atoms with E-state index < -0.39 is 24.1 Å². The van der Waals surface area contributed by atoms with Crippen molar-refractivity contribution in [3.8, 4) is 0 Å². The molecule has 5 nitrogen and oxygen atoms in total. The third-order valence-corrected chi connectivity index (χ3v) is 3.71. The summed E-state index contributed by atoms with van der Waals surface area (Å²) in [6.45, 7) is 4.74. The fourth-order valence-corrected chi connectivity index (χ4v) is 2.44. The maximum absolute atomic E-state index is 13.1. The van der Waals surface area contributed by atoms with E-state index in [-0.39, 0.29) is 12.3 Å². The average molecular weight is 331 g/mol. The number of rotatable bonds is 4. The van der Waals surface area contributed by atoms with Crippen LogP contribution in [0, 0.1) is 0 Å². The van der Waals surface area contributed by atoms with Crippen LogP contribution in [-0.2, 0) is 22.1 Å². The highest BCUT2D eigenvalue weighted by Gasteiger charge is 2.35. The van der Waals surface area contributed by atoms with Gasteiger partial charge < -0.3 is 14.5 Å². The standard InChI is InChI=1S/C15H20F3N3O2/c1-3-23-14(22)10-12-11(15(16,17)18)4-5-13(19-12)21-8-6-20(2)7-9-21/h4-5H,3,6-10H2,1-2H3. The van der Waals surface area contributed by atoms with E-state index in [1.165, 1.54) is 6.07 Å². The van der Waals surface area contributed by atoms with E-state index in [4.69, 9.17) is 4.74 Å². The fraction of sp³-hybridized carbons (Fsp3) is 0.600. The van der Waals surface area contributed by atoms with Gasteiger partial charge in [-0.05, 0) is 26.1 Å². The number of carbonyl (C=O) groups is 1. The zero-order valence-corrected chi connectivity index (χ0v) is 13.2. The number of likely N-dealkylation sites (N-methyl/N-ethyl adjacent to an activating group) is 1. The zero-order chi connectivity index (χ0) is 17.0. The molecule has 0 bridgehead atoms. The van der Waals surface area contributed by atoms with Gasteiger partial charge in [-0.2, -0.15) is 13.2 Å². The Morgan fingerprint density at radius 1 is 1.26 bits per heavy atom. The average Bonchev–Trinajstić information content (AvgIpc) is 2.47. The minimum absolute atomic E-state index is 0.123. The number of esters is 1. The molecular formula is C15H20F3N3O2. The highest BCUT2D eigenvalue weighted by Crippen LogP contribution is 2.33. The number of alkyl halides is 3. The van der Waals surface area contributed by atoms with Crippen LogP contribution in [0.2, 0.25) is 0 Å². The first-order valence-electron chi connectivity index (χ1n) is 7.47. The van der Waals surface area contributed by atoms with E-state index in [0.717, 1.165) is 19.2 Å². The second-order valence-electron chi connectivity index (χ2n) is 5.43. The van der Waals surface area contributed by atoms with Crippen molar-refractivity contribution in [3.63, 3.8) is 0 Å². The van der Waals surface area contributed by atoms with Crippen LogP contribution in [0.25, 0.3) is 0 Å². The molecule has 1 aliphatic rings. The van der Waals surface area contributed by atoms with Gasteiger partial charge in [0.25, 0.3) is 0 Å². The fourth-order valence-electron chi connectivity index (χ4n) is 2.44. The van der Waals surface area contributed by atoms with Crippen molar-refractivity contribution in [3.05, 3.63) is 23.4 Å². The van der Waals surface area contributed by atoms with Crippen LogP contribution < -0.4 is 4.90 Å². The maximum Gasteiger partial charge on any atom is 0.418 e. The predicted molar refractivity (Wildman–Crippen MR) is 79.3 cm³/mol. The first kappa shape index (κ1) is 17.5. The van der Waals surface area contributed by atoms with Gasteiger partial charge in [0.1, 0.15) is 5.82 Å². The molecule has 1 aliphatic heterocycles. The molecule has 0 amide bonds. The molecular weight excluding hydrogens is 311 g/mol. The number of ether oxygens (including phenoxy) is 1. The Bertz CT molecular complexity index is 555. The molecule has 0 unspecified atom stereocenters. The number of aromatic nitrogens is 1. The summed E-state index contributed by atoms with van der Waals surface area (Å²) in [7, 11) is 1.99. The van der Waals surface area contributed by atoms with E-state index in [0.29, 0.717) is 18.9 Å². The van der Waals surface area contributed by atoms with Gasteiger partial charge in [0.05, 0.1) is 24.3 Å². The van der Waals surface area contributed by atoms with Crippen molar-refractivity contribution < 1.29 is 22.7 Å². The van der Waals surface area contributed by atoms with E-state index in [2.05, 4.69) is 9.88 Å². The number of pyridine rings is 1. The molecule has 2 heterocycles. The SMILES string of the molecule is CCOC(=O)Cc1nc(N2CCN(C)CC2)ccc1C(F)(F)F. The Morgan fingerprint density at radius 2 is 1.91 bits per heavy atom. The first-order valence-corrected chi connectivity index (χ1v) is 7.47.